The number of carboxylic acid groups (broad SMARTS) is 2. The molecule has 1 heterocycles. The van der Waals surface area contributed by atoms with Crippen LogP contribution in [0.1, 0.15) is 25.8 Å². The van der Waals surface area contributed by atoms with Crippen molar-refractivity contribution >= 4 is 11.9 Å². The molecule has 104 valence electrons. The van der Waals surface area contributed by atoms with Crippen LogP contribution in [0.15, 0.2) is 24.5 Å². The zero-order chi connectivity index (χ0) is 14.5. The van der Waals surface area contributed by atoms with Crippen molar-refractivity contribution < 1.29 is 19.8 Å². The van der Waals surface area contributed by atoms with Gasteiger partial charge < -0.3 is 15.5 Å². The fourth-order valence-corrected chi connectivity index (χ4v) is 1.70. The van der Waals surface area contributed by atoms with Crippen LogP contribution in [-0.4, -0.2) is 39.7 Å². The Labute approximate surface area is 111 Å². The van der Waals surface area contributed by atoms with Gasteiger partial charge in [-0.05, 0) is 17.7 Å². The fraction of sp³-hybridized carbons (Fsp3) is 0.462. The normalized spacial score (nSPS) is 12.9. The first kappa shape index (κ1) is 15.1. The highest BCUT2D eigenvalue weighted by atomic mass is 16.4. The number of hydrogen-bond donors (Lipinski definition) is 3. The van der Waals surface area contributed by atoms with Crippen LogP contribution < -0.4 is 5.32 Å². The molecule has 3 N–H and O–H groups in total. The predicted molar refractivity (Wildman–Crippen MR) is 68.9 cm³/mol. The number of hydrogen-bond acceptors (Lipinski definition) is 4. The molecule has 6 nitrogen and oxygen atoms in total. The van der Waals surface area contributed by atoms with Crippen molar-refractivity contribution in [3.05, 3.63) is 30.1 Å². The van der Waals surface area contributed by atoms with E-state index in [1.807, 2.05) is 26.0 Å². The summed E-state index contributed by atoms with van der Waals surface area (Å²) in [6.07, 6.45) is 2.90. The number of aromatic nitrogens is 1. The summed E-state index contributed by atoms with van der Waals surface area (Å²) in [7, 11) is 0. The number of aliphatic carboxylic acids is 2. The molecule has 1 aromatic heterocycles. The molecule has 6 heteroatoms. The summed E-state index contributed by atoms with van der Waals surface area (Å²) in [5.41, 5.74) is 0.698. The molecule has 0 aliphatic carbocycles. The van der Waals surface area contributed by atoms with E-state index in [9.17, 15) is 9.59 Å². The Morgan fingerprint density at radius 1 is 1.32 bits per heavy atom. The van der Waals surface area contributed by atoms with Gasteiger partial charge in [0.15, 0.2) is 0 Å². The van der Waals surface area contributed by atoms with Gasteiger partial charge in [-0.15, -0.1) is 0 Å². The maximum atomic E-state index is 11.0. The first-order chi connectivity index (χ1) is 8.83. The smallest absolute Gasteiger partial charge is 0.321 e. The van der Waals surface area contributed by atoms with Crippen molar-refractivity contribution in [2.75, 3.05) is 6.54 Å². The van der Waals surface area contributed by atoms with E-state index in [0.717, 1.165) is 5.56 Å². The lowest BCUT2D eigenvalue weighted by Gasteiger charge is -2.27. The molecule has 1 rings (SSSR count). The Bertz CT molecular complexity index is 445. The predicted octanol–water partition coefficient (Wildman–Crippen LogP) is 0.877. The molecule has 0 saturated carbocycles. The molecule has 0 aromatic carbocycles. The Morgan fingerprint density at radius 3 is 2.37 bits per heavy atom. The average Bonchev–Trinajstić information content (AvgIpc) is 2.35. The third-order valence-corrected chi connectivity index (χ3v) is 2.93. The van der Waals surface area contributed by atoms with Crippen LogP contribution in [0.25, 0.3) is 0 Å². The van der Waals surface area contributed by atoms with Gasteiger partial charge in [0.1, 0.15) is 6.04 Å². The lowest BCUT2D eigenvalue weighted by Crippen LogP contribution is -2.44. The SMILES string of the molecule is CC(C)(CNC(CC(=O)O)C(=O)O)c1ccncc1. The summed E-state index contributed by atoms with van der Waals surface area (Å²) in [6, 6.07) is 2.63. The largest absolute Gasteiger partial charge is 0.481 e. The van der Waals surface area contributed by atoms with Gasteiger partial charge in [0.25, 0.3) is 0 Å². The van der Waals surface area contributed by atoms with Gasteiger partial charge in [-0.2, -0.15) is 0 Å². The van der Waals surface area contributed by atoms with Gasteiger partial charge in [-0.25, -0.2) is 0 Å². The zero-order valence-corrected chi connectivity index (χ0v) is 11.0. The minimum absolute atomic E-state index is 0.310. The van der Waals surface area contributed by atoms with Crippen LogP contribution in [0.2, 0.25) is 0 Å². The van der Waals surface area contributed by atoms with E-state index in [4.69, 9.17) is 10.2 Å². The highest BCUT2D eigenvalue weighted by Gasteiger charge is 2.26. The number of carbonyl (C=O) groups is 2. The van der Waals surface area contributed by atoms with Crippen LogP contribution in [0.5, 0.6) is 0 Å². The average molecular weight is 266 g/mol. The molecule has 1 unspecified atom stereocenters. The van der Waals surface area contributed by atoms with E-state index in [2.05, 4.69) is 10.3 Å². The molecule has 0 spiro atoms. The lowest BCUT2D eigenvalue weighted by molar-refractivity contribution is -0.146. The Kier molecular flexibility index (Phi) is 5.00. The van der Waals surface area contributed by atoms with Crippen molar-refractivity contribution in [3.63, 3.8) is 0 Å². The second-order valence-corrected chi connectivity index (χ2v) is 4.99. The van der Waals surface area contributed by atoms with Gasteiger partial charge >= 0.3 is 11.9 Å². The van der Waals surface area contributed by atoms with Crippen molar-refractivity contribution in [3.8, 4) is 0 Å². The number of rotatable bonds is 7. The van der Waals surface area contributed by atoms with E-state index in [-0.39, 0.29) is 5.41 Å². The van der Waals surface area contributed by atoms with E-state index < -0.39 is 24.4 Å². The number of nitrogens with one attached hydrogen (secondary N) is 1. The fourth-order valence-electron chi connectivity index (χ4n) is 1.70. The molecular formula is C13H18N2O4. The number of nitrogens with zero attached hydrogens (tertiary/aromatic N) is 1. The van der Waals surface area contributed by atoms with E-state index in [1.54, 1.807) is 12.4 Å². The highest BCUT2D eigenvalue weighted by Crippen LogP contribution is 2.21. The lowest BCUT2D eigenvalue weighted by atomic mass is 9.85. The number of pyridine rings is 1. The monoisotopic (exact) mass is 266 g/mol. The van der Waals surface area contributed by atoms with Crippen LogP contribution in [0.3, 0.4) is 0 Å². The number of carboxylic acids is 2. The first-order valence-corrected chi connectivity index (χ1v) is 5.91. The van der Waals surface area contributed by atoms with Crippen molar-refractivity contribution in [2.45, 2.75) is 31.7 Å². The second-order valence-electron chi connectivity index (χ2n) is 4.99. The summed E-state index contributed by atoms with van der Waals surface area (Å²) in [4.78, 5) is 25.5. The molecule has 0 radical (unpaired) electrons. The van der Waals surface area contributed by atoms with Crippen LogP contribution in [0, 0.1) is 0 Å². The van der Waals surface area contributed by atoms with Gasteiger partial charge in [-0.1, -0.05) is 13.8 Å². The third-order valence-electron chi connectivity index (χ3n) is 2.93. The van der Waals surface area contributed by atoms with Gasteiger partial charge in [-0.3, -0.25) is 14.6 Å². The molecular weight excluding hydrogens is 248 g/mol. The zero-order valence-electron chi connectivity index (χ0n) is 11.0. The summed E-state index contributed by atoms with van der Waals surface area (Å²) in [6.45, 7) is 4.27. The first-order valence-electron chi connectivity index (χ1n) is 5.91. The second kappa shape index (κ2) is 6.29. The minimum atomic E-state index is -1.16. The molecule has 0 saturated heterocycles. The quantitative estimate of drug-likeness (QED) is 0.677. The molecule has 0 aliphatic heterocycles. The van der Waals surface area contributed by atoms with Crippen LogP contribution >= 0.6 is 0 Å². The standard InChI is InChI=1S/C13H18N2O4/c1-13(2,9-3-5-14-6-4-9)8-15-10(12(18)19)7-11(16)17/h3-6,10,15H,7-8H2,1-2H3,(H,16,17)(H,18,19). The third kappa shape index (κ3) is 4.67. The van der Waals surface area contributed by atoms with E-state index in [0.29, 0.717) is 6.54 Å². The Morgan fingerprint density at radius 2 is 1.89 bits per heavy atom. The summed E-state index contributed by atoms with van der Waals surface area (Å²) < 4.78 is 0. The van der Waals surface area contributed by atoms with Crippen molar-refractivity contribution in [1.29, 1.82) is 0 Å². The van der Waals surface area contributed by atoms with E-state index in [1.165, 1.54) is 0 Å². The molecule has 0 aliphatic rings. The van der Waals surface area contributed by atoms with Crippen molar-refractivity contribution in [1.82, 2.24) is 10.3 Å². The van der Waals surface area contributed by atoms with E-state index >= 15 is 0 Å². The van der Waals surface area contributed by atoms with Crippen molar-refractivity contribution in [2.24, 2.45) is 0 Å². The Hall–Kier alpha value is -1.95. The molecule has 1 aromatic rings. The molecule has 19 heavy (non-hydrogen) atoms. The molecule has 0 fully saturated rings. The van der Waals surface area contributed by atoms with Crippen LogP contribution in [-0.2, 0) is 15.0 Å². The van der Waals surface area contributed by atoms with Gasteiger partial charge in [0.05, 0.1) is 6.42 Å². The maximum absolute atomic E-state index is 11.0. The van der Waals surface area contributed by atoms with Gasteiger partial charge in [0, 0.05) is 24.4 Å². The molecule has 0 amide bonds. The maximum Gasteiger partial charge on any atom is 0.321 e. The summed E-state index contributed by atoms with van der Waals surface area (Å²) in [5, 5.41) is 20.4. The minimum Gasteiger partial charge on any atom is -0.481 e. The topological polar surface area (TPSA) is 99.5 Å². The Balaban J connectivity index is 2.68. The molecule has 1 atom stereocenters. The van der Waals surface area contributed by atoms with Crippen LogP contribution in [0.4, 0.5) is 0 Å². The van der Waals surface area contributed by atoms with Gasteiger partial charge in [0.2, 0.25) is 0 Å². The molecule has 0 bridgehead atoms. The summed E-state index contributed by atoms with van der Waals surface area (Å²) in [5.74, 6) is -2.30. The highest BCUT2D eigenvalue weighted by molar-refractivity contribution is 5.80. The summed E-state index contributed by atoms with van der Waals surface area (Å²) >= 11 is 0.